The van der Waals surface area contributed by atoms with Gasteiger partial charge in [-0.1, -0.05) is 0 Å². The van der Waals surface area contributed by atoms with Gasteiger partial charge in [0, 0.05) is 30.9 Å². The maximum atomic E-state index is 15.4. The van der Waals surface area contributed by atoms with E-state index in [1.807, 2.05) is 36.0 Å². The number of methoxy groups -OCH3 is 1. The number of nitrogens with zero attached hydrogens (tertiary/aromatic N) is 4. The highest BCUT2D eigenvalue weighted by molar-refractivity contribution is 7.99. The van der Waals surface area contributed by atoms with E-state index in [4.69, 9.17) is 4.74 Å². The summed E-state index contributed by atoms with van der Waals surface area (Å²) >= 11 is 1.77. The van der Waals surface area contributed by atoms with Gasteiger partial charge in [-0.15, -0.1) is 11.8 Å². The lowest BCUT2D eigenvalue weighted by atomic mass is 9.81. The number of aromatic nitrogens is 3. The summed E-state index contributed by atoms with van der Waals surface area (Å²) in [4.78, 5) is 22.7. The smallest absolute Gasteiger partial charge is 0.308 e. The molecule has 188 valence electrons. The van der Waals surface area contributed by atoms with E-state index in [1.165, 1.54) is 0 Å². The number of aryl methyl sites for hydroxylation is 1. The first-order valence-corrected chi connectivity index (χ1v) is 13.1. The van der Waals surface area contributed by atoms with E-state index in [1.54, 1.807) is 37.5 Å². The zero-order chi connectivity index (χ0) is 24.8. The fraction of sp³-hybridized carbons (Fsp3) is 0.500. The maximum Gasteiger partial charge on any atom is 0.308 e. The van der Waals surface area contributed by atoms with E-state index in [0.29, 0.717) is 30.7 Å². The number of ether oxygens (including phenoxy) is 1. The van der Waals surface area contributed by atoms with Crippen LogP contribution in [0.1, 0.15) is 37.4 Å². The van der Waals surface area contributed by atoms with Gasteiger partial charge < -0.3 is 19.3 Å². The molecule has 1 saturated heterocycles. The Kier molecular flexibility index (Phi) is 8.62. The third kappa shape index (κ3) is 6.32. The highest BCUT2D eigenvalue weighted by Gasteiger charge is 2.34. The lowest BCUT2D eigenvalue weighted by molar-refractivity contribution is -0.146. The summed E-state index contributed by atoms with van der Waals surface area (Å²) in [6, 6.07) is 7.17. The number of rotatable bonds is 11. The van der Waals surface area contributed by atoms with Gasteiger partial charge in [-0.3, -0.25) is 9.78 Å². The Hall–Kier alpha value is -2.65. The first-order chi connectivity index (χ1) is 17.0. The largest absolute Gasteiger partial charge is 0.497 e. The van der Waals surface area contributed by atoms with Crippen LogP contribution in [0.25, 0.3) is 10.9 Å². The summed E-state index contributed by atoms with van der Waals surface area (Å²) in [5, 5.41) is 11.8. The molecule has 0 amide bonds. The summed E-state index contributed by atoms with van der Waals surface area (Å²) in [7, 11) is 3.57. The molecule has 0 spiro atoms. The number of thioether (sulfide) groups is 1. The van der Waals surface area contributed by atoms with Crippen LogP contribution in [0.2, 0.25) is 0 Å². The van der Waals surface area contributed by atoms with Crippen LogP contribution in [0.3, 0.4) is 0 Å². The van der Waals surface area contributed by atoms with Crippen molar-refractivity contribution in [1.29, 1.82) is 0 Å². The van der Waals surface area contributed by atoms with Crippen molar-refractivity contribution in [2.45, 2.75) is 36.9 Å². The van der Waals surface area contributed by atoms with Gasteiger partial charge in [-0.2, -0.15) is 0 Å². The van der Waals surface area contributed by atoms with Gasteiger partial charge in [0.2, 0.25) is 0 Å². The molecule has 3 aromatic rings. The predicted molar refractivity (Wildman–Crippen MR) is 136 cm³/mol. The van der Waals surface area contributed by atoms with Crippen molar-refractivity contribution in [3.8, 4) is 5.75 Å². The molecular formula is C26H33FN4O3S. The van der Waals surface area contributed by atoms with Crippen LogP contribution in [-0.4, -0.2) is 63.0 Å². The number of carbonyl (C=O) groups is 1. The Balaban J connectivity index is 1.30. The van der Waals surface area contributed by atoms with Crippen LogP contribution in [0.4, 0.5) is 4.39 Å². The fourth-order valence-corrected chi connectivity index (χ4v) is 5.78. The molecule has 4 rings (SSSR count). The lowest BCUT2D eigenvalue weighted by Gasteiger charge is -2.36. The third-order valence-corrected chi connectivity index (χ3v) is 8.09. The van der Waals surface area contributed by atoms with Crippen molar-refractivity contribution in [2.75, 3.05) is 32.5 Å². The number of hydrogen-bond acceptors (Lipinski definition) is 6. The van der Waals surface area contributed by atoms with Gasteiger partial charge >= 0.3 is 5.97 Å². The van der Waals surface area contributed by atoms with Gasteiger partial charge in [0.05, 0.1) is 36.1 Å². The van der Waals surface area contributed by atoms with Crippen LogP contribution >= 0.6 is 11.8 Å². The number of halogens is 1. The zero-order valence-electron chi connectivity index (χ0n) is 20.3. The minimum Gasteiger partial charge on any atom is -0.497 e. The highest BCUT2D eigenvalue weighted by atomic mass is 32.2. The van der Waals surface area contributed by atoms with Gasteiger partial charge in [0.1, 0.15) is 11.9 Å². The number of imidazole rings is 1. The molecule has 2 aromatic heterocycles. The summed E-state index contributed by atoms with van der Waals surface area (Å²) in [6.45, 7) is 2.26. The summed E-state index contributed by atoms with van der Waals surface area (Å²) in [5.41, 5.74) is 1.31. The van der Waals surface area contributed by atoms with Crippen LogP contribution in [-0.2, 0) is 11.8 Å². The number of alkyl halides is 1. The third-order valence-electron chi connectivity index (χ3n) is 6.91. The average Bonchev–Trinajstić information content (AvgIpc) is 3.29. The van der Waals surface area contributed by atoms with Crippen LogP contribution in [0, 0.1) is 11.8 Å². The van der Waals surface area contributed by atoms with Crippen LogP contribution < -0.4 is 4.74 Å². The van der Waals surface area contributed by atoms with Gasteiger partial charge in [-0.05, 0) is 74.5 Å². The second-order valence-electron chi connectivity index (χ2n) is 9.17. The molecule has 7 nitrogen and oxygen atoms in total. The number of likely N-dealkylation sites (tertiary alicyclic amines) is 1. The Morgan fingerprint density at radius 1 is 1.37 bits per heavy atom. The normalized spacial score (nSPS) is 19.6. The molecule has 0 saturated carbocycles. The topological polar surface area (TPSA) is 80.5 Å². The molecule has 0 aliphatic carbocycles. The molecule has 35 heavy (non-hydrogen) atoms. The Bertz CT molecular complexity index is 1140. The van der Waals surface area contributed by atoms with E-state index >= 15 is 4.39 Å². The lowest BCUT2D eigenvalue weighted by Crippen LogP contribution is -2.44. The molecule has 1 N–H and O–H groups in total. The molecule has 0 unspecified atom stereocenters. The predicted octanol–water partition coefficient (Wildman–Crippen LogP) is 4.97. The molecule has 3 heterocycles. The molecule has 3 atom stereocenters. The van der Waals surface area contributed by atoms with Gasteiger partial charge in [0.15, 0.2) is 0 Å². The summed E-state index contributed by atoms with van der Waals surface area (Å²) in [5.74, 6) is 0.364. The second kappa shape index (κ2) is 11.9. The molecule has 1 aliphatic heterocycles. The summed E-state index contributed by atoms with van der Waals surface area (Å²) in [6.07, 6.45) is 6.72. The minimum atomic E-state index is -1.18. The molecule has 0 radical (unpaired) electrons. The molecule has 0 bridgehead atoms. The second-order valence-corrected chi connectivity index (χ2v) is 10.3. The van der Waals surface area contributed by atoms with Crippen molar-refractivity contribution >= 4 is 28.6 Å². The fourth-order valence-electron chi connectivity index (χ4n) is 4.91. The maximum absolute atomic E-state index is 15.4. The van der Waals surface area contributed by atoms with E-state index in [2.05, 4.69) is 14.9 Å². The zero-order valence-corrected chi connectivity index (χ0v) is 21.1. The number of pyridine rings is 1. The van der Waals surface area contributed by atoms with Crippen molar-refractivity contribution in [1.82, 2.24) is 19.4 Å². The molecule has 1 aromatic carbocycles. The number of piperidine rings is 1. The Labute approximate surface area is 209 Å². The van der Waals surface area contributed by atoms with Gasteiger partial charge in [-0.25, -0.2) is 9.37 Å². The number of aliphatic carboxylic acids is 1. The number of fused-ring (bicyclic) bond motifs is 1. The SMILES string of the molecule is COc1ccc2nccc([C@H](F)CC[C@@H]3CCN(CCCSc4cncn4C)C[C@@H]3C(=O)O)c2c1. The Morgan fingerprint density at radius 2 is 2.23 bits per heavy atom. The van der Waals surface area contributed by atoms with E-state index in [0.717, 1.165) is 47.6 Å². The van der Waals surface area contributed by atoms with E-state index in [-0.39, 0.29) is 5.92 Å². The standard InChI is InChI=1S/C26H33FN4O3S/c1-30-17-28-15-25(30)35-13-3-11-31-12-9-18(22(16-31)26(32)33)4-6-23(27)20-8-10-29-24-7-5-19(34-2)14-21(20)24/h5,7-8,10,14-15,17-18,22-23H,3-4,6,9,11-13,16H2,1-2H3,(H,32,33)/t18-,22+,23-/m1/s1. The molecular weight excluding hydrogens is 467 g/mol. The number of benzene rings is 1. The van der Waals surface area contributed by atoms with Crippen molar-refractivity contribution < 1.29 is 19.0 Å². The van der Waals surface area contributed by atoms with Crippen molar-refractivity contribution in [3.63, 3.8) is 0 Å². The Morgan fingerprint density at radius 3 is 2.97 bits per heavy atom. The monoisotopic (exact) mass is 500 g/mol. The average molecular weight is 501 g/mol. The quantitative estimate of drug-likeness (QED) is 0.294. The van der Waals surface area contributed by atoms with Crippen LogP contribution in [0.15, 0.2) is 48.0 Å². The molecule has 1 fully saturated rings. The first-order valence-electron chi connectivity index (χ1n) is 12.1. The first kappa shape index (κ1) is 25.4. The number of carboxylic acids is 1. The summed E-state index contributed by atoms with van der Waals surface area (Å²) < 4.78 is 22.7. The number of hydrogen-bond donors (Lipinski definition) is 1. The van der Waals surface area contributed by atoms with E-state index in [9.17, 15) is 9.90 Å². The van der Waals surface area contributed by atoms with Crippen molar-refractivity contribution in [3.05, 3.63) is 48.5 Å². The van der Waals surface area contributed by atoms with E-state index < -0.39 is 18.1 Å². The number of carboxylic acid groups (broad SMARTS) is 1. The van der Waals surface area contributed by atoms with Crippen LogP contribution in [0.5, 0.6) is 5.75 Å². The minimum absolute atomic E-state index is 0.0199. The molecule has 9 heteroatoms. The molecule has 1 aliphatic rings. The van der Waals surface area contributed by atoms with Gasteiger partial charge in [0.25, 0.3) is 0 Å². The van der Waals surface area contributed by atoms with Crippen molar-refractivity contribution in [2.24, 2.45) is 18.9 Å². The highest BCUT2D eigenvalue weighted by Crippen LogP contribution is 2.35.